The van der Waals surface area contributed by atoms with Crippen molar-refractivity contribution in [2.75, 3.05) is 39.8 Å². The molecule has 636 valence electrons. The maximum atomic E-state index is 15.1. The lowest BCUT2D eigenvalue weighted by Crippen LogP contribution is -2.62. The summed E-state index contributed by atoms with van der Waals surface area (Å²) in [6.45, 7) is 30.3. The Balaban J connectivity index is 0.000000227. The van der Waals surface area contributed by atoms with Crippen molar-refractivity contribution in [1.82, 2.24) is 57.2 Å². The molecule has 12 aliphatic rings. The minimum absolute atomic E-state index is 0. The SMILES string of the molecule is CCC[C@H](NC(=O)[C@@H]1C[C@@]2(CN1C(=O)[C@@H](NC(=O)[C@@H](N)C1CCCCC1)C(C)(C)C)C(C)(C)C21CCC1)C(O)C(=O)NC1CC1.CCC[C@H](NC(=O)[C@@H]1C[C@@]2(CN1C(=O)[C@@H](NC(=O)[C@@H](NC(=O)[C@@H]1CCCC(NC)C1)C1CCCCC1)C(C)(C)C)C(C)(C)C21CCC1)C(O)C(=O)NC1CC1.CCN1CCC[C@@H](C(=O)O)C1.Cl. The van der Waals surface area contributed by atoms with Crippen LogP contribution in [-0.2, 0) is 47.9 Å². The quantitative estimate of drug-likeness (QED) is 0.0367. The van der Waals surface area contributed by atoms with Crippen LogP contribution in [-0.4, -0.2) is 208 Å². The van der Waals surface area contributed by atoms with Crippen molar-refractivity contribution in [3.8, 4) is 0 Å². The number of carboxylic acids is 1. The minimum atomic E-state index is -1.40. The van der Waals surface area contributed by atoms with Gasteiger partial charge >= 0.3 is 5.97 Å². The van der Waals surface area contributed by atoms with Crippen LogP contribution in [0.15, 0.2) is 0 Å². The number of rotatable bonds is 27. The second-order valence-electron chi connectivity index (χ2n) is 39.8. The highest BCUT2D eigenvalue weighted by molar-refractivity contribution is 5.97. The molecule has 26 heteroatoms. The first-order valence-electron chi connectivity index (χ1n) is 43.8. The van der Waals surface area contributed by atoms with Gasteiger partial charge in [-0.15, -0.1) is 12.4 Å². The number of carbonyl (C=O) groups excluding carboxylic acids is 9. The van der Waals surface area contributed by atoms with Crippen LogP contribution in [0.3, 0.4) is 0 Å². The van der Waals surface area contributed by atoms with Crippen molar-refractivity contribution in [1.29, 1.82) is 0 Å². The molecule has 13 N–H and O–H groups in total. The third-order valence-corrected chi connectivity index (χ3v) is 30.5. The first-order chi connectivity index (χ1) is 52.3. The molecule has 12 rings (SSSR count). The van der Waals surface area contributed by atoms with E-state index in [0.29, 0.717) is 51.6 Å². The highest BCUT2D eigenvalue weighted by Crippen LogP contribution is 2.89. The van der Waals surface area contributed by atoms with Crippen molar-refractivity contribution in [2.45, 2.75) is 374 Å². The highest BCUT2D eigenvalue weighted by Gasteiger charge is 2.86. The molecule has 9 saturated carbocycles. The first kappa shape index (κ1) is 90.7. The van der Waals surface area contributed by atoms with Gasteiger partial charge in [0.1, 0.15) is 30.2 Å². The lowest BCUT2D eigenvalue weighted by atomic mass is 9.73. The fourth-order valence-electron chi connectivity index (χ4n) is 22.5. The number of aliphatic hydroxyl groups excluding tert-OH is 2. The number of nitrogens with zero attached hydrogens (tertiary/aromatic N) is 3. The maximum Gasteiger partial charge on any atom is 0.307 e. The second-order valence-corrected chi connectivity index (χ2v) is 39.8. The lowest BCUT2D eigenvalue weighted by molar-refractivity contribution is -0.145. The Hall–Kier alpha value is -5.21. The van der Waals surface area contributed by atoms with E-state index in [9.17, 15) is 53.4 Å². The molecule has 3 heterocycles. The van der Waals surface area contributed by atoms with Crippen molar-refractivity contribution in [3.05, 3.63) is 0 Å². The van der Waals surface area contributed by atoms with Gasteiger partial charge in [-0.3, -0.25) is 47.9 Å². The number of hydrogen-bond acceptors (Lipinski definition) is 15. The molecular weight excluding hydrogens is 1440 g/mol. The van der Waals surface area contributed by atoms with E-state index in [1.807, 2.05) is 62.4 Å². The summed E-state index contributed by atoms with van der Waals surface area (Å²) >= 11 is 0. The van der Waals surface area contributed by atoms with Crippen molar-refractivity contribution < 1.29 is 63.3 Å². The summed E-state index contributed by atoms with van der Waals surface area (Å²) in [6, 6.07) is -5.90. The van der Waals surface area contributed by atoms with E-state index in [1.165, 1.54) is 0 Å². The van der Waals surface area contributed by atoms with E-state index in [4.69, 9.17) is 10.8 Å². The monoisotopic (exact) mass is 1590 g/mol. The number of nitrogens with two attached hydrogens (primary N) is 1. The largest absolute Gasteiger partial charge is 0.481 e. The molecule has 25 nitrogen and oxygen atoms in total. The Morgan fingerprint density at radius 2 is 0.911 bits per heavy atom. The minimum Gasteiger partial charge on any atom is -0.481 e. The van der Waals surface area contributed by atoms with Gasteiger partial charge in [0.15, 0.2) is 12.2 Å². The van der Waals surface area contributed by atoms with E-state index in [2.05, 4.69) is 82.1 Å². The predicted octanol–water partition coefficient (Wildman–Crippen LogP) is 8.45. The molecular formula is C86H147ClN12O13. The molecule has 3 aliphatic heterocycles. The van der Waals surface area contributed by atoms with E-state index < -0.39 is 89.2 Å². The molecule has 0 radical (unpaired) electrons. The average Bonchev–Trinajstić information content (AvgIpc) is 1.46. The van der Waals surface area contributed by atoms with E-state index in [-0.39, 0.29) is 128 Å². The van der Waals surface area contributed by atoms with Gasteiger partial charge in [-0.05, 0) is 199 Å². The lowest BCUT2D eigenvalue weighted by Gasteiger charge is -2.38. The zero-order chi connectivity index (χ0) is 81.1. The number of aliphatic hydroxyl groups is 2. The number of carboxylic acid groups (broad SMARTS) is 1. The number of nitrogens with one attached hydrogen (secondary N) is 8. The second kappa shape index (κ2) is 36.8. The number of amides is 9. The van der Waals surface area contributed by atoms with Crippen LogP contribution in [0.4, 0.5) is 0 Å². The zero-order valence-electron chi connectivity index (χ0n) is 70.7. The standard InChI is InChI=1S/C43H72N6O6.C35H59N5O5.C8H15NO2.ClH/c1-8-14-30(33(50)38(54)45-28-19-20-28)46-36(52)31-24-43(41(5,6)42(43)21-13-22-42)25-49(31)39(55)34(40(2,3)4)48-37(53)32(26-15-10-9-11-16-26)47-35(51)27-17-12-18-29(23-27)44-7;1-7-12-23(26(41)30(44)37-22-15-16-22)38-28(42)24-19-35(33(5,6)34(35)17-11-18-34)20-40(24)31(45)27(32(2,3)4)39-29(43)25(36)21-13-9-8-10-14-21;1-2-9-5-3-4-7(6-9)8(10)11;/h26-34,44,50H,8-25H2,1-7H3,(H,45,54)(H,46,52)(H,47,51)(H,48,53);21-27,41H,7-20,36H2,1-6H3,(H,37,44)(H,38,42)(H,39,43);7H,2-6H2,1H3,(H,10,11);1H/t27-,29?,30+,31+,32+,33?,34-,43-;23-,24-,25-,26?,27+,35+;7-;/m101./s1. The zero-order valence-corrected chi connectivity index (χ0v) is 71.5. The van der Waals surface area contributed by atoms with Crippen LogP contribution in [0.25, 0.3) is 0 Å². The summed E-state index contributed by atoms with van der Waals surface area (Å²) in [5.74, 6) is -3.77. The van der Waals surface area contributed by atoms with Crippen LogP contribution in [0, 0.1) is 67.0 Å². The molecule has 12 fully saturated rings. The van der Waals surface area contributed by atoms with E-state index >= 15 is 4.79 Å². The summed E-state index contributed by atoms with van der Waals surface area (Å²) in [5, 5.41) is 55.3. The van der Waals surface area contributed by atoms with Crippen LogP contribution in [0.1, 0.15) is 295 Å². The van der Waals surface area contributed by atoms with Gasteiger partial charge in [0, 0.05) is 54.5 Å². The molecule has 3 saturated heterocycles. The Kier molecular flexibility index (Phi) is 29.8. The molecule has 9 aliphatic carbocycles. The summed E-state index contributed by atoms with van der Waals surface area (Å²) < 4.78 is 0. The fraction of sp³-hybridized carbons (Fsp3) is 0.884. The third kappa shape index (κ3) is 18.8. The summed E-state index contributed by atoms with van der Waals surface area (Å²) in [6.07, 6.45) is 25.9. The van der Waals surface area contributed by atoms with Crippen molar-refractivity contribution in [2.24, 2.45) is 72.7 Å². The number of carbonyl (C=O) groups is 10. The Morgan fingerprint density at radius 1 is 0.482 bits per heavy atom. The molecule has 112 heavy (non-hydrogen) atoms. The topological polar surface area (TPSA) is 363 Å². The van der Waals surface area contributed by atoms with Gasteiger partial charge in [-0.25, -0.2) is 0 Å². The smallest absolute Gasteiger partial charge is 0.307 e. The Bertz CT molecular complexity index is 3310. The number of halogens is 1. The summed E-state index contributed by atoms with van der Waals surface area (Å²) in [5.41, 5.74) is 4.78. The van der Waals surface area contributed by atoms with Crippen LogP contribution in [0.2, 0.25) is 0 Å². The molecule has 0 aromatic carbocycles. The molecule has 3 unspecified atom stereocenters. The number of hydrogen-bond donors (Lipinski definition) is 12. The van der Waals surface area contributed by atoms with Crippen LogP contribution >= 0.6 is 12.4 Å². The van der Waals surface area contributed by atoms with Crippen LogP contribution < -0.4 is 48.3 Å². The number of likely N-dealkylation sites (tertiary alicyclic amines) is 3. The normalized spacial score (nSPS) is 29.7. The first-order valence-corrected chi connectivity index (χ1v) is 43.8. The molecule has 9 amide bonds. The predicted molar refractivity (Wildman–Crippen MR) is 434 cm³/mol. The Morgan fingerprint density at radius 3 is 1.29 bits per heavy atom. The van der Waals surface area contributed by atoms with Gasteiger partial charge in [-0.2, -0.15) is 0 Å². The highest BCUT2D eigenvalue weighted by atomic mass is 35.5. The van der Waals surface area contributed by atoms with E-state index in [1.54, 1.807) is 9.80 Å². The number of piperidine rings is 1. The molecule has 0 bridgehead atoms. The third-order valence-electron chi connectivity index (χ3n) is 30.5. The Labute approximate surface area is 675 Å². The maximum absolute atomic E-state index is 15.1. The molecule has 0 aromatic heterocycles. The van der Waals surface area contributed by atoms with E-state index in [0.717, 1.165) is 187 Å². The molecule has 0 aromatic rings. The van der Waals surface area contributed by atoms with Crippen LogP contribution in [0.5, 0.6) is 0 Å². The van der Waals surface area contributed by atoms with Crippen molar-refractivity contribution in [3.63, 3.8) is 0 Å². The van der Waals surface area contributed by atoms with Gasteiger partial charge in [0.2, 0.25) is 41.4 Å². The number of aliphatic carboxylic acids is 1. The van der Waals surface area contributed by atoms with Gasteiger partial charge in [0.05, 0.1) is 24.0 Å². The van der Waals surface area contributed by atoms with Gasteiger partial charge in [-0.1, -0.05) is 161 Å². The number of fused-ring (bicyclic) bond motifs is 2. The van der Waals surface area contributed by atoms with Crippen molar-refractivity contribution >= 4 is 71.5 Å². The average molecular weight is 1590 g/mol. The van der Waals surface area contributed by atoms with Gasteiger partial charge < -0.3 is 78.3 Å². The van der Waals surface area contributed by atoms with Gasteiger partial charge in [0.25, 0.3) is 11.8 Å². The molecule has 15 atom stereocenters. The molecule has 4 spiro atoms. The fourth-order valence-corrected chi connectivity index (χ4v) is 22.5. The summed E-state index contributed by atoms with van der Waals surface area (Å²) in [4.78, 5) is 142. The summed E-state index contributed by atoms with van der Waals surface area (Å²) in [7, 11) is 1.93.